The van der Waals surface area contributed by atoms with Crippen LogP contribution < -0.4 is 5.32 Å². The molecule has 1 atom stereocenters. The summed E-state index contributed by atoms with van der Waals surface area (Å²) in [5.74, 6) is -0.417. The number of carboxylic acid groups (broad SMARTS) is 1. The summed E-state index contributed by atoms with van der Waals surface area (Å²) in [5.41, 5.74) is 1.11. The van der Waals surface area contributed by atoms with Crippen LogP contribution in [0.4, 0.5) is 0 Å². The highest BCUT2D eigenvalue weighted by molar-refractivity contribution is 5.83. The maximum atomic E-state index is 11.2. The van der Waals surface area contributed by atoms with Crippen molar-refractivity contribution in [3.63, 3.8) is 0 Å². The van der Waals surface area contributed by atoms with Gasteiger partial charge in [-0.25, -0.2) is 0 Å². The number of fused-ring (bicyclic) bond motifs is 1. The molecule has 0 aliphatic heterocycles. The first-order valence-electron chi connectivity index (χ1n) is 7.00. The van der Waals surface area contributed by atoms with Gasteiger partial charge in [-0.3, -0.25) is 4.79 Å². The van der Waals surface area contributed by atoms with Crippen LogP contribution in [0.3, 0.4) is 0 Å². The van der Waals surface area contributed by atoms with E-state index < -0.39 is 12.0 Å². The number of hydrogen-bond acceptors (Lipinski definition) is 2. The van der Waals surface area contributed by atoms with Crippen molar-refractivity contribution in [1.82, 2.24) is 5.32 Å². The first-order chi connectivity index (χ1) is 9.56. The lowest BCUT2D eigenvalue weighted by molar-refractivity contribution is -0.140. The largest absolute Gasteiger partial charge is 0.480 e. The summed E-state index contributed by atoms with van der Waals surface area (Å²) in [7, 11) is 0. The second-order valence-corrected chi connectivity index (χ2v) is 5.58. The van der Waals surface area contributed by atoms with Crippen LogP contribution in [-0.4, -0.2) is 17.1 Å². The van der Waals surface area contributed by atoms with E-state index in [-0.39, 0.29) is 0 Å². The van der Waals surface area contributed by atoms with Crippen LogP contribution in [0.15, 0.2) is 42.5 Å². The number of carboxylic acids is 1. The van der Waals surface area contributed by atoms with Gasteiger partial charge in [0.1, 0.15) is 6.04 Å². The van der Waals surface area contributed by atoms with Crippen LogP contribution in [0.1, 0.15) is 25.8 Å². The zero-order chi connectivity index (χ0) is 14.5. The normalized spacial score (nSPS) is 12.8. The van der Waals surface area contributed by atoms with Crippen LogP contribution in [-0.2, 0) is 11.3 Å². The Balaban J connectivity index is 2.05. The fraction of sp³-hybridized carbons (Fsp3) is 0.353. The Bertz CT molecular complexity index is 592. The summed E-state index contributed by atoms with van der Waals surface area (Å²) in [6.45, 7) is 4.65. The van der Waals surface area contributed by atoms with Crippen LogP contribution in [0.2, 0.25) is 0 Å². The molecule has 0 aromatic heterocycles. The van der Waals surface area contributed by atoms with Crippen LogP contribution in [0.25, 0.3) is 10.8 Å². The van der Waals surface area contributed by atoms with Crippen LogP contribution in [0, 0.1) is 5.92 Å². The number of rotatable bonds is 6. The summed E-state index contributed by atoms with van der Waals surface area (Å²) >= 11 is 0. The molecular formula is C17H21NO2. The lowest BCUT2D eigenvalue weighted by Crippen LogP contribution is -2.37. The van der Waals surface area contributed by atoms with Crippen molar-refractivity contribution in [2.45, 2.75) is 32.9 Å². The van der Waals surface area contributed by atoms with E-state index in [0.717, 1.165) is 5.56 Å². The number of carbonyl (C=O) groups is 1. The molecule has 0 saturated carbocycles. The topological polar surface area (TPSA) is 49.3 Å². The van der Waals surface area contributed by atoms with E-state index in [9.17, 15) is 9.90 Å². The highest BCUT2D eigenvalue weighted by Crippen LogP contribution is 2.16. The monoisotopic (exact) mass is 271 g/mol. The molecule has 0 spiro atoms. The van der Waals surface area contributed by atoms with Crippen LogP contribution >= 0.6 is 0 Å². The predicted molar refractivity (Wildman–Crippen MR) is 81.7 cm³/mol. The molecule has 0 bridgehead atoms. The van der Waals surface area contributed by atoms with Gasteiger partial charge in [-0.05, 0) is 34.7 Å². The number of aliphatic carboxylic acids is 1. The third-order valence-electron chi connectivity index (χ3n) is 3.37. The van der Waals surface area contributed by atoms with Crippen molar-refractivity contribution in [2.75, 3.05) is 0 Å². The van der Waals surface area contributed by atoms with Crippen molar-refractivity contribution in [3.8, 4) is 0 Å². The molecule has 0 aliphatic rings. The fourth-order valence-electron chi connectivity index (χ4n) is 2.33. The van der Waals surface area contributed by atoms with Crippen molar-refractivity contribution in [1.29, 1.82) is 0 Å². The third kappa shape index (κ3) is 3.81. The Morgan fingerprint density at radius 1 is 1.15 bits per heavy atom. The SMILES string of the molecule is CC(C)C[C@H](NCc1ccc2ccccc2c1)C(=O)O. The van der Waals surface area contributed by atoms with Crippen molar-refractivity contribution < 1.29 is 9.90 Å². The maximum absolute atomic E-state index is 11.2. The van der Waals surface area contributed by atoms with Gasteiger partial charge in [-0.1, -0.05) is 50.2 Å². The summed E-state index contributed by atoms with van der Waals surface area (Å²) in [4.78, 5) is 11.2. The molecule has 2 N–H and O–H groups in total. The Hall–Kier alpha value is -1.87. The van der Waals surface area contributed by atoms with Gasteiger partial charge in [0.25, 0.3) is 0 Å². The molecule has 2 aromatic carbocycles. The Morgan fingerprint density at radius 3 is 2.50 bits per heavy atom. The lowest BCUT2D eigenvalue weighted by atomic mass is 10.0. The minimum atomic E-state index is -0.778. The molecule has 3 nitrogen and oxygen atoms in total. The molecule has 3 heteroatoms. The van der Waals surface area contributed by atoms with Gasteiger partial charge < -0.3 is 10.4 Å². The molecule has 2 rings (SSSR count). The Morgan fingerprint density at radius 2 is 1.85 bits per heavy atom. The van der Waals surface area contributed by atoms with E-state index in [2.05, 4.69) is 29.6 Å². The Kier molecular flexibility index (Phi) is 4.74. The average Bonchev–Trinajstić information content (AvgIpc) is 2.42. The van der Waals surface area contributed by atoms with E-state index >= 15 is 0 Å². The minimum absolute atomic E-state index is 0.361. The smallest absolute Gasteiger partial charge is 0.320 e. The van der Waals surface area contributed by atoms with E-state index in [1.54, 1.807) is 0 Å². The number of nitrogens with one attached hydrogen (secondary N) is 1. The molecule has 0 unspecified atom stereocenters. The molecule has 0 aliphatic carbocycles. The van der Waals surface area contributed by atoms with Crippen LogP contribution in [0.5, 0.6) is 0 Å². The van der Waals surface area contributed by atoms with Gasteiger partial charge >= 0.3 is 5.97 Å². The molecule has 0 fully saturated rings. The van der Waals surface area contributed by atoms with E-state index in [4.69, 9.17) is 0 Å². The Labute approximate surface area is 119 Å². The van der Waals surface area contributed by atoms with E-state index in [1.807, 2.05) is 32.0 Å². The maximum Gasteiger partial charge on any atom is 0.320 e. The van der Waals surface area contributed by atoms with Crippen molar-refractivity contribution in [3.05, 3.63) is 48.0 Å². The quantitative estimate of drug-likeness (QED) is 0.846. The lowest BCUT2D eigenvalue weighted by Gasteiger charge is -2.16. The standard InChI is InChI=1S/C17H21NO2/c1-12(2)9-16(17(19)20)18-11-13-7-8-14-5-3-4-6-15(14)10-13/h3-8,10,12,16,18H,9,11H2,1-2H3,(H,19,20)/t16-/m0/s1. The van der Waals surface area contributed by atoms with Gasteiger partial charge in [0.05, 0.1) is 0 Å². The summed E-state index contributed by atoms with van der Waals surface area (Å²) in [6, 6.07) is 13.9. The molecule has 0 saturated heterocycles. The number of benzene rings is 2. The minimum Gasteiger partial charge on any atom is -0.480 e. The molecular weight excluding hydrogens is 250 g/mol. The van der Waals surface area contributed by atoms with E-state index in [0.29, 0.717) is 18.9 Å². The fourth-order valence-corrected chi connectivity index (χ4v) is 2.33. The molecule has 106 valence electrons. The molecule has 0 heterocycles. The summed E-state index contributed by atoms with van der Waals surface area (Å²) < 4.78 is 0. The zero-order valence-corrected chi connectivity index (χ0v) is 12.0. The molecule has 0 radical (unpaired) electrons. The van der Waals surface area contributed by atoms with E-state index in [1.165, 1.54) is 10.8 Å². The van der Waals surface area contributed by atoms with Gasteiger partial charge in [0.2, 0.25) is 0 Å². The van der Waals surface area contributed by atoms with Gasteiger partial charge in [0, 0.05) is 6.54 Å². The highest BCUT2D eigenvalue weighted by Gasteiger charge is 2.17. The number of hydrogen-bond donors (Lipinski definition) is 2. The second-order valence-electron chi connectivity index (χ2n) is 5.58. The highest BCUT2D eigenvalue weighted by atomic mass is 16.4. The van der Waals surface area contributed by atoms with Gasteiger partial charge in [-0.2, -0.15) is 0 Å². The molecule has 2 aromatic rings. The molecule has 20 heavy (non-hydrogen) atoms. The third-order valence-corrected chi connectivity index (χ3v) is 3.37. The summed E-state index contributed by atoms with van der Waals surface area (Å²) in [5, 5.41) is 14.7. The van der Waals surface area contributed by atoms with Crippen molar-refractivity contribution in [2.24, 2.45) is 5.92 Å². The zero-order valence-electron chi connectivity index (χ0n) is 12.0. The van der Waals surface area contributed by atoms with Gasteiger partial charge in [-0.15, -0.1) is 0 Å². The van der Waals surface area contributed by atoms with Crippen molar-refractivity contribution >= 4 is 16.7 Å². The predicted octanol–water partition coefficient (Wildman–Crippen LogP) is 3.43. The second kappa shape index (κ2) is 6.53. The average molecular weight is 271 g/mol. The summed E-state index contributed by atoms with van der Waals surface area (Å²) in [6.07, 6.45) is 0.642. The first kappa shape index (κ1) is 14.5. The first-order valence-corrected chi connectivity index (χ1v) is 7.00. The van der Waals surface area contributed by atoms with Gasteiger partial charge in [0.15, 0.2) is 0 Å². The molecule has 0 amide bonds.